The van der Waals surface area contributed by atoms with Crippen molar-refractivity contribution in [2.45, 2.75) is 44.9 Å². The first-order valence-electron chi connectivity index (χ1n) is 7.59. The van der Waals surface area contributed by atoms with E-state index >= 15 is 0 Å². The highest BCUT2D eigenvalue weighted by Gasteiger charge is 2.20. The second kappa shape index (κ2) is 7.64. The summed E-state index contributed by atoms with van der Waals surface area (Å²) in [6.45, 7) is 2.21. The van der Waals surface area contributed by atoms with Gasteiger partial charge >= 0.3 is 0 Å². The molecule has 0 aromatic heterocycles. The first-order valence-corrected chi connectivity index (χ1v) is 7.59. The lowest BCUT2D eigenvalue weighted by Crippen LogP contribution is -2.35. The minimum Gasteiger partial charge on any atom is -0.512 e. The maximum atomic E-state index is 9.91. The summed E-state index contributed by atoms with van der Waals surface area (Å²) in [7, 11) is 1.48. The number of aliphatic hydroxyl groups is 2. The zero-order valence-corrected chi connectivity index (χ0v) is 12.7. The predicted octanol–water partition coefficient (Wildman–Crippen LogP) is 2.14. The highest BCUT2D eigenvalue weighted by atomic mass is 16.7. The molecule has 5 heteroatoms. The van der Waals surface area contributed by atoms with Gasteiger partial charge in [0.15, 0.2) is 6.23 Å². The van der Waals surface area contributed by atoms with E-state index in [1.165, 1.54) is 7.11 Å². The van der Waals surface area contributed by atoms with Crippen molar-refractivity contribution in [1.29, 1.82) is 0 Å². The number of nitrogens with one attached hydrogen (secondary N) is 2. The summed E-state index contributed by atoms with van der Waals surface area (Å²) in [5, 5.41) is 22.9. The van der Waals surface area contributed by atoms with Gasteiger partial charge in [-0.25, -0.2) is 0 Å². The Morgan fingerprint density at radius 3 is 2.95 bits per heavy atom. The van der Waals surface area contributed by atoms with Crippen molar-refractivity contribution in [3.8, 4) is 0 Å². The quantitative estimate of drug-likeness (QED) is 0.355. The summed E-state index contributed by atoms with van der Waals surface area (Å²) in [5.41, 5.74) is 3.40. The van der Waals surface area contributed by atoms with Crippen molar-refractivity contribution < 1.29 is 15.1 Å². The van der Waals surface area contributed by atoms with Crippen LogP contribution in [0, 0.1) is 11.8 Å². The Morgan fingerprint density at radius 1 is 1.48 bits per heavy atom. The molecular weight excluding hydrogens is 268 g/mol. The van der Waals surface area contributed by atoms with Gasteiger partial charge in [0.2, 0.25) is 0 Å². The molecule has 0 aromatic rings. The third kappa shape index (κ3) is 4.59. The number of hydrogen-bond acceptors (Lipinski definition) is 5. The van der Waals surface area contributed by atoms with Gasteiger partial charge in [0, 0.05) is 18.2 Å². The van der Waals surface area contributed by atoms with Crippen LogP contribution in [0.25, 0.3) is 0 Å². The smallest absolute Gasteiger partial charge is 0.150 e. The van der Waals surface area contributed by atoms with Crippen LogP contribution in [0.4, 0.5) is 0 Å². The van der Waals surface area contributed by atoms with E-state index in [2.05, 4.69) is 29.9 Å². The molecule has 2 aliphatic rings. The van der Waals surface area contributed by atoms with Gasteiger partial charge in [0.05, 0.1) is 12.9 Å². The number of allylic oxidation sites excluding steroid dienone is 2. The zero-order valence-electron chi connectivity index (χ0n) is 12.7. The standard InChI is InChI=1S/C16H26N2O3/c1-11-3-8-15(19)12(9-11)4-6-14-7-5-13(10-17-14)16(20)18-21-2/h4,6,8,10-12,14,16-20H,3,5,7,9H2,1-2H3/b6-4+. The molecule has 0 aromatic carbocycles. The number of hydroxylamine groups is 1. The molecule has 0 radical (unpaired) electrons. The normalized spacial score (nSPS) is 31.5. The molecule has 0 spiro atoms. The van der Waals surface area contributed by atoms with Crippen LogP contribution in [0.15, 0.2) is 35.8 Å². The summed E-state index contributed by atoms with van der Waals surface area (Å²) in [4.78, 5) is 4.72. The minimum absolute atomic E-state index is 0.140. The van der Waals surface area contributed by atoms with Crippen molar-refractivity contribution in [2.24, 2.45) is 11.8 Å². The van der Waals surface area contributed by atoms with E-state index in [4.69, 9.17) is 4.84 Å². The first kappa shape index (κ1) is 16.1. The maximum Gasteiger partial charge on any atom is 0.150 e. The third-order valence-electron chi connectivity index (χ3n) is 4.15. The van der Waals surface area contributed by atoms with Crippen molar-refractivity contribution >= 4 is 0 Å². The van der Waals surface area contributed by atoms with E-state index in [1.54, 1.807) is 0 Å². The van der Waals surface area contributed by atoms with E-state index in [-0.39, 0.29) is 12.0 Å². The van der Waals surface area contributed by atoms with Gasteiger partial charge in [0.1, 0.15) is 0 Å². The Bertz CT molecular complexity index is 431. The van der Waals surface area contributed by atoms with Gasteiger partial charge in [-0.1, -0.05) is 19.1 Å². The molecule has 0 bridgehead atoms. The molecule has 5 nitrogen and oxygen atoms in total. The fraction of sp³-hybridized carbons (Fsp3) is 0.625. The second-order valence-electron chi connectivity index (χ2n) is 5.95. The van der Waals surface area contributed by atoms with Crippen LogP contribution in [0.5, 0.6) is 0 Å². The Kier molecular flexibility index (Phi) is 5.85. The third-order valence-corrected chi connectivity index (χ3v) is 4.15. The van der Waals surface area contributed by atoms with Crippen LogP contribution < -0.4 is 10.8 Å². The average molecular weight is 294 g/mol. The lowest BCUT2D eigenvalue weighted by molar-refractivity contribution is -0.0140. The lowest BCUT2D eigenvalue weighted by Gasteiger charge is -2.26. The summed E-state index contributed by atoms with van der Waals surface area (Å²) >= 11 is 0. The number of hydrogen-bond donors (Lipinski definition) is 4. The zero-order chi connectivity index (χ0) is 15.2. The summed E-state index contributed by atoms with van der Waals surface area (Å²) < 4.78 is 0. The fourth-order valence-corrected chi connectivity index (χ4v) is 2.82. The van der Waals surface area contributed by atoms with Crippen molar-refractivity contribution in [3.05, 3.63) is 35.8 Å². The van der Waals surface area contributed by atoms with E-state index < -0.39 is 6.23 Å². The lowest BCUT2D eigenvalue weighted by atomic mass is 9.85. The van der Waals surface area contributed by atoms with Crippen molar-refractivity contribution in [1.82, 2.24) is 10.8 Å². The molecule has 0 saturated heterocycles. The summed E-state index contributed by atoms with van der Waals surface area (Å²) in [6.07, 6.45) is 10.9. The summed E-state index contributed by atoms with van der Waals surface area (Å²) in [6, 6.07) is 0.244. The van der Waals surface area contributed by atoms with Crippen molar-refractivity contribution in [2.75, 3.05) is 7.11 Å². The molecule has 4 unspecified atom stereocenters. The fourth-order valence-electron chi connectivity index (χ4n) is 2.82. The van der Waals surface area contributed by atoms with Crippen LogP contribution >= 0.6 is 0 Å². The SMILES string of the molecule is CONC(O)C1=CNC(/C=C/C2CC(C)CC=C2O)CC1. The average Bonchev–Trinajstić information content (AvgIpc) is 2.49. The van der Waals surface area contributed by atoms with Gasteiger partial charge in [-0.3, -0.25) is 0 Å². The van der Waals surface area contributed by atoms with Gasteiger partial charge < -0.3 is 20.4 Å². The summed E-state index contributed by atoms with van der Waals surface area (Å²) in [5.74, 6) is 1.26. The Morgan fingerprint density at radius 2 is 2.29 bits per heavy atom. The maximum absolute atomic E-state index is 9.91. The van der Waals surface area contributed by atoms with E-state index in [1.807, 2.05) is 12.3 Å². The second-order valence-corrected chi connectivity index (χ2v) is 5.95. The highest BCUT2D eigenvalue weighted by molar-refractivity contribution is 5.16. The molecule has 1 aliphatic heterocycles. The van der Waals surface area contributed by atoms with Crippen LogP contribution in [0.1, 0.15) is 32.6 Å². The Labute approximate surface area is 126 Å². The van der Waals surface area contributed by atoms with Gasteiger partial charge in [-0.15, -0.1) is 0 Å². The van der Waals surface area contributed by atoms with Gasteiger partial charge in [-0.2, -0.15) is 5.48 Å². The highest BCUT2D eigenvalue weighted by Crippen LogP contribution is 2.28. The topological polar surface area (TPSA) is 73.8 Å². The molecule has 0 amide bonds. The molecule has 0 fully saturated rings. The molecule has 4 atom stereocenters. The Hall–Kier alpha value is -1.30. The minimum atomic E-state index is -0.765. The first-order chi connectivity index (χ1) is 10.1. The largest absolute Gasteiger partial charge is 0.512 e. The molecule has 4 N–H and O–H groups in total. The van der Waals surface area contributed by atoms with E-state index in [0.717, 1.165) is 31.3 Å². The molecule has 1 aliphatic carbocycles. The van der Waals surface area contributed by atoms with Crippen LogP contribution in [-0.4, -0.2) is 29.6 Å². The van der Waals surface area contributed by atoms with Gasteiger partial charge in [-0.05, 0) is 43.3 Å². The van der Waals surface area contributed by atoms with Crippen LogP contribution in [0.2, 0.25) is 0 Å². The molecular formula is C16H26N2O3. The Balaban J connectivity index is 1.87. The molecule has 118 valence electrons. The predicted molar refractivity (Wildman–Crippen MR) is 82.1 cm³/mol. The van der Waals surface area contributed by atoms with Crippen molar-refractivity contribution in [3.63, 3.8) is 0 Å². The molecule has 0 saturated carbocycles. The molecule has 1 heterocycles. The van der Waals surface area contributed by atoms with E-state index in [0.29, 0.717) is 11.7 Å². The molecule has 21 heavy (non-hydrogen) atoms. The number of rotatable bonds is 5. The van der Waals surface area contributed by atoms with Crippen LogP contribution in [-0.2, 0) is 4.84 Å². The van der Waals surface area contributed by atoms with E-state index in [9.17, 15) is 10.2 Å². The van der Waals surface area contributed by atoms with Gasteiger partial charge in [0.25, 0.3) is 0 Å². The molecule has 2 rings (SSSR count). The number of aliphatic hydroxyl groups excluding tert-OH is 2. The monoisotopic (exact) mass is 294 g/mol. The van der Waals surface area contributed by atoms with Crippen LogP contribution in [0.3, 0.4) is 0 Å².